The second kappa shape index (κ2) is 6.31. The van der Waals surface area contributed by atoms with Crippen molar-refractivity contribution in [1.29, 1.82) is 0 Å². The molecular weight excluding hydrogens is 281 g/mol. The highest BCUT2D eigenvalue weighted by Gasteiger charge is 2.06. The summed E-state index contributed by atoms with van der Waals surface area (Å²) in [7, 11) is 0. The SMILES string of the molecule is CCNc1nc(C)cn1CCc1ccc(Cl)cc1Cl. The number of benzene rings is 1. The Hall–Kier alpha value is -1.19. The minimum absolute atomic E-state index is 0.667. The van der Waals surface area contributed by atoms with Gasteiger partial charge in [-0.1, -0.05) is 29.3 Å². The molecule has 2 rings (SSSR count). The van der Waals surface area contributed by atoms with Gasteiger partial charge in [-0.15, -0.1) is 0 Å². The van der Waals surface area contributed by atoms with Gasteiger partial charge in [0, 0.05) is 29.3 Å². The number of hydrogen-bond acceptors (Lipinski definition) is 2. The van der Waals surface area contributed by atoms with Gasteiger partial charge in [0.05, 0.1) is 5.69 Å². The molecular formula is C14H17Cl2N3. The molecule has 0 atom stereocenters. The largest absolute Gasteiger partial charge is 0.356 e. The highest BCUT2D eigenvalue weighted by molar-refractivity contribution is 6.35. The average molecular weight is 298 g/mol. The molecule has 0 saturated heterocycles. The fraction of sp³-hybridized carbons (Fsp3) is 0.357. The minimum atomic E-state index is 0.667. The van der Waals surface area contributed by atoms with Gasteiger partial charge in [-0.05, 0) is 38.0 Å². The predicted molar refractivity (Wildman–Crippen MR) is 81.3 cm³/mol. The Balaban J connectivity index is 2.09. The van der Waals surface area contributed by atoms with Crippen LogP contribution in [-0.4, -0.2) is 16.1 Å². The highest BCUT2D eigenvalue weighted by atomic mass is 35.5. The van der Waals surface area contributed by atoms with Crippen LogP contribution in [0.4, 0.5) is 5.95 Å². The van der Waals surface area contributed by atoms with E-state index in [1.54, 1.807) is 6.07 Å². The molecule has 1 aromatic heterocycles. The Morgan fingerprint density at radius 3 is 2.79 bits per heavy atom. The van der Waals surface area contributed by atoms with Gasteiger partial charge in [-0.2, -0.15) is 0 Å². The summed E-state index contributed by atoms with van der Waals surface area (Å²) in [5, 5.41) is 4.64. The van der Waals surface area contributed by atoms with Gasteiger partial charge in [-0.25, -0.2) is 4.98 Å². The molecule has 102 valence electrons. The number of halogens is 2. The zero-order valence-electron chi connectivity index (χ0n) is 11.1. The molecule has 3 nitrogen and oxygen atoms in total. The van der Waals surface area contributed by atoms with E-state index in [1.807, 2.05) is 25.3 Å². The van der Waals surface area contributed by atoms with Crippen molar-refractivity contribution in [2.45, 2.75) is 26.8 Å². The third-order valence-corrected chi connectivity index (χ3v) is 3.46. The summed E-state index contributed by atoms with van der Waals surface area (Å²) in [5.41, 5.74) is 2.11. The standard InChI is InChI=1S/C14H17Cl2N3/c1-3-17-14-18-10(2)9-19(14)7-6-11-4-5-12(15)8-13(11)16/h4-5,8-9H,3,6-7H2,1-2H3,(H,17,18). The molecule has 0 unspecified atom stereocenters. The van der Waals surface area contributed by atoms with E-state index in [4.69, 9.17) is 23.2 Å². The topological polar surface area (TPSA) is 29.9 Å². The van der Waals surface area contributed by atoms with E-state index in [0.29, 0.717) is 10.0 Å². The van der Waals surface area contributed by atoms with Gasteiger partial charge in [0.15, 0.2) is 0 Å². The van der Waals surface area contributed by atoms with Crippen LogP contribution < -0.4 is 5.32 Å². The molecule has 0 radical (unpaired) electrons. The van der Waals surface area contributed by atoms with Gasteiger partial charge in [-0.3, -0.25) is 0 Å². The summed E-state index contributed by atoms with van der Waals surface area (Å²) in [6.07, 6.45) is 2.89. The van der Waals surface area contributed by atoms with Crippen LogP contribution in [0.2, 0.25) is 10.0 Å². The number of rotatable bonds is 5. The van der Waals surface area contributed by atoms with Crippen molar-refractivity contribution in [3.63, 3.8) is 0 Å². The van der Waals surface area contributed by atoms with Gasteiger partial charge in [0.1, 0.15) is 0 Å². The van der Waals surface area contributed by atoms with E-state index in [0.717, 1.165) is 36.7 Å². The number of hydrogen-bond donors (Lipinski definition) is 1. The van der Waals surface area contributed by atoms with E-state index in [2.05, 4.69) is 21.8 Å². The molecule has 2 aromatic rings. The number of nitrogens with zero attached hydrogens (tertiary/aromatic N) is 2. The zero-order chi connectivity index (χ0) is 13.8. The Bertz CT molecular complexity index is 564. The molecule has 0 aliphatic rings. The molecule has 1 heterocycles. The van der Waals surface area contributed by atoms with E-state index in [9.17, 15) is 0 Å². The summed E-state index contributed by atoms with van der Waals surface area (Å²) in [4.78, 5) is 4.45. The van der Waals surface area contributed by atoms with Crippen LogP contribution in [0.5, 0.6) is 0 Å². The molecule has 0 saturated carbocycles. The zero-order valence-corrected chi connectivity index (χ0v) is 12.6. The summed E-state index contributed by atoms with van der Waals surface area (Å²) < 4.78 is 2.11. The van der Waals surface area contributed by atoms with E-state index >= 15 is 0 Å². The molecule has 19 heavy (non-hydrogen) atoms. The maximum Gasteiger partial charge on any atom is 0.203 e. The highest BCUT2D eigenvalue weighted by Crippen LogP contribution is 2.22. The Kier molecular flexibility index (Phi) is 4.72. The fourth-order valence-corrected chi connectivity index (χ4v) is 2.48. The average Bonchev–Trinajstić information content (AvgIpc) is 2.69. The Morgan fingerprint density at radius 2 is 2.11 bits per heavy atom. The number of aromatic nitrogens is 2. The van der Waals surface area contributed by atoms with Crippen LogP contribution in [0.3, 0.4) is 0 Å². The smallest absolute Gasteiger partial charge is 0.203 e. The first-order valence-electron chi connectivity index (χ1n) is 6.31. The fourth-order valence-electron chi connectivity index (χ4n) is 1.98. The summed E-state index contributed by atoms with van der Waals surface area (Å²) in [5.74, 6) is 0.907. The second-order valence-corrected chi connectivity index (χ2v) is 5.26. The van der Waals surface area contributed by atoms with Crippen molar-refractivity contribution in [3.05, 3.63) is 45.7 Å². The van der Waals surface area contributed by atoms with Crippen molar-refractivity contribution in [2.75, 3.05) is 11.9 Å². The maximum absolute atomic E-state index is 6.18. The molecule has 1 N–H and O–H groups in total. The summed E-state index contributed by atoms with van der Waals surface area (Å²) in [6, 6.07) is 5.62. The van der Waals surface area contributed by atoms with Crippen LogP contribution in [-0.2, 0) is 13.0 Å². The summed E-state index contributed by atoms with van der Waals surface area (Å²) >= 11 is 12.1. The molecule has 0 aliphatic heterocycles. The molecule has 0 aliphatic carbocycles. The van der Waals surface area contributed by atoms with E-state index < -0.39 is 0 Å². The number of aryl methyl sites for hydroxylation is 3. The third kappa shape index (κ3) is 3.64. The van der Waals surface area contributed by atoms with Gasteiger partial charge >= 0.3 is 0 Å². The normalized spacial score (nSPS) is 10.7. The lowest BCUT2D eigenvalue weighted by atomic mass is 10.1. The van der Waals surface area contributed by atoms with Gasteiger partial charge in [0.2, 0.25) is 5.95 Å². The van der Waals surface area contributed by atoms with Crippen molar-refractivity contribution in [3.8, 4) is 0 Å². The van der Waals surface area contributed by atoms with Crippen molar-refractivity contribution in [1.82, 2.24) is 9.55 Å². The lowest BCUT2D eigenvalue weighted by Crippen LogP contribution is -2.08. The second-order valence-electron chi connectivity index (χ2n) is 4.42. The lowest BCUT2D eigenvalue weighted by molar-refractivity contribution is 0.700. The lowest BCUT2D eigenvalue weighted by Gasteiger charge is -2.09. The number of anilines is 1. The van der Waals surface area contributed by atoms with Crippen LogP contribution in [0.1, 0.15) is 18.2 Å². The van der Waals surface area contributed by atoms with Gasteiger partial charge < -0.3 is 9.88 Å². The Labute approximate surface area is 123 Å². The molecule has 0 amide bonds. The van der Waals surface area contributed by atoms with Gasteiger partial charge in [0.25, 0.3) is 0 Å². The van der Waals surface area contributed by atoms with Crippen molar-refractivity contribution >= 4 is 29.2 Å². The quantitative estimate of drug-likeness (QED) is 0.897. The molecule has 1 aromatic carbocycles. The minimum Gasteiger partial charge on any atom is -0.356 e. The van der Waals surface area contributed by atoms with Crippen molar-refractivity contribution in [2.24, 2.45) is 0 Å². The molecule has 5 heteroatoms. The first kappa shape index (κ1) is 14.2. The monoisotopic (exact) mass is 297 g/mol. The summed E-state index contributed by atoms with van der Waals surface area (Å²) in [6.45, 7) is 5.75. The number of nitrogens with one attached hydrogen (secondary N) is 1. The van der Waals surface area contributed by atoms with Crippen LogP contribution in [0, 0.1) is 6.92 Å². The van der Waals surface area contributed by atoms with Crippen LogP contribution >= 0.6 is 23.2 Å². The van der Waals surface area contributed by atoms with E-state index in [-0.39, 0.29) is 0 Å². The first-order chi connectivity index (χ1) is 9.10. The molecule has 0 bridgehead atoms. The third-order valence-electron chi connectivity index (χ3n) is 2.87. The Morgan fingerprint density at radius 1 is 1.32 bits per heavy atom. The predicted octanol–water partition coefficient (Wildman–Crippen LogP) is 4.17. The van der Waals surface area contributed by atoms with E-state index in [1.165, 1.54) is 0 Å². The maximum atomic E-state index is 6.18. The van der Waals surface area contributed by atoms with Crippen LogP contribution in [0.25, 0.3) is 0 Å². The molecule has 0 fully saturated rings. The molecule has 0 spiro atoms. The van der Waals surface area contributed by atoms with Crippen molar-refractivity contribution < 1.29 is 0 Å². The number of imidazole rings is 1. The first-order valence-corrected chi connectivity index (χ1v) is 7.07. The van der Waals surface area contributed by atoms with Crippen LogP contribution in [0.15, 0.2) is 24.4 Å².